The Labute approximate surface area is 229 Å². The number of nitrogens with zero attached hydrogens (tertiary/aromatic N) is 3. The Morgan fingerprint density at radius 2 is 1.59 bits per heavy atom. The van der Waals surface area contributed by atoms with Crippen LogP contribution in [0.15, 0.2) is 42.5 Å². The molecule has 1 spiro atoms. The molecular formula is C29H35N3O6Si. The fourth-order valence-electron chi connectivity index (χ4n) is 6.93. The maximum absolute atomic E-state index is 14.5. The highest BCUT2D eigenvalue weighted by molar-refractivity contribution is 6.71. The number of carbonyl (C=O) groups excluding carboxylic acids is 3. The van der Waals surface area contributed by atoms with Crippen LogP contribution in [0.4, 0.5) is 17.1 Å². The van der Waals surface area contributed by atoms with Crippen LogP contribution in [0.1, 0.15) is 37.3 Å². The topological polar surface area (TPSA) is 111 Å². The van der Waals surface area contributed by atoms with Crippen LogP contribution in [-0.2, 0) is 31.3 Å². The fraction of sp³-hybridized carbons (Fsp3) is 0.483. The summed E-state index contributed by atoms with van der Waals surface area (Å²) >= 11 is 0. The number of hydrogen-bond donors (Lipinski definition) is 2. The second-order valence-electron chi connectivity index (χ2n) is 11.7. The highest BCUT2D eigenvalue weighted by Crippen LogP contribution is 2.60. The van der Waals surface area contributed by atoms with Crippen LogP contribution >= 0.6 is 0 Å². The molecule has 0 aromatic heterocycles. The average Bonchev–Trinajstić information content (AvgIpc) is 3.30. The van der Waals surface area contributed by atoms with E-state index in [4.69, 9.17) is 4.74 Å². The van der Waals surface area contributed by atoms with Crippen molar-refractivity contribution in [2.75, 3.05) is 34.4 Å². The molecule has 3 saturated heterocycles. The van der Waals surface area contributed by atoms with Crippen molar-refractivity contribution in [1.29, 1.82) is 0 Å². The zero-order valence-corrected chi connectivity index (χ0v) is 23.6. The first-order valence-corrected chi connectivity index (χ1v) is 16.8. The molecule has 0 aliphatic carbocycles. The minimum absolute atomic E-state index is 0.0475. The summed E-state index contributed by atoms with van der Waals surface area (Å²) in [7, 11) is -2.79. The van der Waals surface area contributed by atoms with Crippen LogP contribution in [-0.4, -0.2) is 61.7 Å². The molecule has 0 radical (unpaired) electrons. The maximum atomic E-state index is 14.5. The third-order valence-electron chi connectivity index (χ3n) is 8.98. The highest BCUT2D eigenvalue weighted by atomic mass is 28.4. The first kappa shape index (κ1) is 26.2. The summed E-state index contributed by atoms with van der Waals surface area (Å²) in [4.78, 5) is 55.0. The lowest BCUT2D eigenvalue weighted by atomic mass is 9.82. The number of rotatable bonds is 7. The molecule has 0 bridgehead atoms. The van der Waals surface area contributed by atoms with E-state index in [2.05, 4.69) is 0 Å². The van der Waals surface area contributed by atoms with Gasteiger partial charge in [0.1, 0.15) is 0 Å². The van der Waals surface area contributed by atoms with E-state index in [0.29, 0.717) is 37.9 Å². The summed E-state index contributed by atoms with van der Waals surface area (Å²) in [6.07, 6.45) is 0.940. The summed E-state index contributed by atoms with van der Waals surface area (Å²) in [5, 5.41) is 9.81. The molecule has 3 amide bonds. The Bertz CT molecular complexity index is 1340. The molecule has 6 rings (SSSR count). The molecule has 206 valence electrons. The summed E-state index contributed by atoms with van der Waals surface area (Å²) in [6, 6.07) is 13.4. The largest absolute Gasteiger partial charge is 0.432 e. The number of amides is 3. The minimum Gasteiger partial charge on any atom is -0.432 e. The molecule has 4 aliphatic rings. The van der Waals surface area contributed by atoms with E-state index in [9.17, 15) is 24.3 Å². The van der Waals surface area contributed by atoms with E-state index < -0.39 is 20.0 Å². The Morgan fingerprint density at radius 1 is 0.974 bits per heavy atom. The minimum atomic E-state index is -2.79. The lowest BCUT2D eigenvalue weighted by molar-refractivity contribution is -0.146. The van der Waals surface area contributed by atoms with Crippen molar-refractivity contribution in [3.63, 3.8) is 0 Å². The number of β-lactam (4-membered cyclic amide) rings is 2. The fourth-order valence-corrected chi connectivity index (χ4v) is 9.53. The molecule has 9 nitrogen and oxygen atoms in total. The average molecular weight is 550 g/mol. The van der Waals surface area contributed by atoms with Gasteiger partial charge in [-0.25, -0.2) is 0 Å². The van der Waals surface area contributed by atoms with Crippen molar-refractivity contribution in [3.05, 3.63) is 53.6 Å². The monoisotopic (exact) mass is 549 g/mol. The smallest absolute Gasteiger partial charge is 0.264 e. The van der Waals surface area contributed by atoms with E-state index in [-0.39, 0.29) is 35.8 Å². The van der Waals surface area contributed by atoms with Crippen molar-refractivity contribution >= 4 is 43.1 Å². The highest BCUT2D eigenvalue weighted by Gasteiger charge is 2.66. The summed E-state index contributed by atoms with van der Waals surface area (Å²) < 4.78 is 6.68. The van der Waals surface area contributed by atoms with E-state index in [1.807, 2.05) is 62.5 Å². The lowest BCUT2D eigenvalue weighted by Gasteiger charge is -2.33. The number of aliphatic hydroxyl groups excluding tert-OH is 1. The standard InChI is InChI=1S/C29H35N3O6Si/c1-18-27(39(2,3)37)24(12-15-33)38-29(18)22-16-21(31-14-11-26(31)35)8-9-23(22)32(28(29)36)17-19-4-6-20(7-5-19)30-13-10-25(30)34/h4-9,16,18,24,27,33,37H,10-15,17H2,1-3H3/t18-,24+,27-,29+/m0/s1. The third kappa shape index (κ3) is 3.95. The van der Waals surface area contributed by atoms with Crippen LogP contribution in [0.2, 0.25) is 18.6 Å². The molecule has 0 unspecified atom stereocenters. The van der Waals surface area contributed by atoms with E-state index >= 15 is 0 Å². The number of hydrogen-bond acceptors (Lipinski definition) is 6. The molecule has 2 N–H and O–H groups in total. The Balaban J connectivity index is 1.40. The lowest BCUT2D eigenvalue weighted by Crippen LogP contribution is -2.46. The first-order chi connectivity index (χ1) is 18.6. The zero-order valence-electron chi connectivity index (χ0n) is 22.6. The first-order valence-electron chi connectivity index (χ1n) is 13.7. The van der Waals surface area contributed by atoms with E-state index in [1.165, 1.54) is 0 Å². The number of aliphatic hydroxyl groups is 1. The van der Waals surface area contributed by atoms with Gasteiger partial charge in [-0.05, 0) is 55.4 Å². The normalized spacial score (nSPS) is 28.3. The van der Waals surface area contributed by atoms with Gasteiger partial charge >= 0.3 is 0 Å². The second-order valence-corrected chi connectivity index (χ2v) is 15.7. The van der Waals surface area contributed by atoms with Gasteiger partial charge in [-0.15, -0.1) is 0 Å². The number of fused-ring (bicyclic) bond motifs is 2. The van der Waals surface area contributed by atoms with Gasteiger partial charge in [0.25, 0.3) is 5.91 Å². The Kier molecular flexibility index (Phi) is 6.22. The molecular weight excluding hydrogens is 514 g/mol. The van der Waals surface area contributed by atoms with Crippen molar-refractivity contribution in [2.24, 2.45) is 5.92 Å². The predicted molar refractivity (Wildman–Crippen MR) is 149 cm³/mol. The van der Waals surface area contributed by atoms with Crippen molar-refractivity contribution in [2.45, 2.75) is 63.1 Å². The molecule has 10 heteroatoms. The molecule has 39 heavy (non-hydrogen) atoms. The van der Waals surface area contributed by atoms with Gasteiger partial charge in [0, 0.05) is 60.9 Å². The van der Waals surface area contributed by atoms with Crippen LogP contribution in [0.25, 0.3) is 0 Å². The molecule has 0 saturated carbocycles. The van der Waals surface area contributed by atoms with Crippen LogP contribution < -0.4 is 14.7 Å². The quantitative estimate of drug-likeness (QED) is 0.406. The Hall–Kier alpha value is -3.05. The maximum Gasteiger partial charge on any atom is 0.264 e. The number of ether oxygens (including phenoxy) is 1. The SMILES string of the molecule is C[C@H]1[C@H]([Si](C)(C)O)[C@@H](CCO)O[C@]12C(=O)N(Cc1ccc(N3CCC3=O)cc1)c1ccc(N3CCC3=O)cc12. The molecule has 2 aromatic rings. The van der Waals surface area contributed by atoms with Crippen LogP contribution in [0.5, 0.6) is 0 Å². The van der Waals surface area contributed by atoms with Gasteiger partial charge in [-0.3, -0.25) is 14.4 Å². The van der Waals surface area contributed by atoms with Crippen LogP contribution in [0.3, 0.4) is 0 Å². The van der Waals surface area contributed by atoms with Crippen molar-refractivity contribution < 1.29 is 29.0 Å². The molecule has 4 heterocycles. The second kappa shape index (κ2) is 9.26. The number of benzene rings is 2. The summed E-state index contributed by atoms with van der Waals surface area (Å²) in [5.41, 5.74) is 2.36. The van der Waals surface area contributed by atoms with Gasteiger partial charge < -0.3 is 29.3 Å². The number of anilines is 3. The van der Waals surface area contributed by atoms with Crippen molar-refractivity contribution in [1.82, 2.24) is 0 Å². The molecule has 2 aromatic carbocycles. The van der Waals surface area contributed by atoms with Gasteiger partial charge in [-0.2, -0.15) is 0 Å². The van der Waals surface area contributed by atoms with Crippen molar-refractivity contribution in [3.8, 4) is 0 Å². The van der Waals surface area contributed by atoms with Gasteiger partial charge in [0.2, 0.25) is 11.8 Å². The zero-order chi connectivity index (χ0) is 27.7. The third-order valence-corrected chi connectivity index (χ3v) is 11.5. The van der Waals surface area contributed by atoms with Gasteiger partial charge in [0.05, 0.1) is 18.3 Å². The molecule has 4 aliphatic heterocycles. The number of carbonyl (C=O) groups is 3. The molecule has 4 atom stereocenters. The summed E-state index contributed by atoms with van der Waals surface area (Å²) in [6.45, 7) is 7.26. The van der Waals surface area contributed by atoms with E-state index in [1.54, 1.807) is 14.7 Å². The summed E-state index contributed by atoms with van der Waals surface area (Å²) in [5.74, 6) is -0.368. The predicted octanol–water partition coefficient (Wildman–Crippen LogP) is 2.89. The van der Waals surface area contributed by atoms with Crippen LogP contribution in [0, 0.1) is 5.92 Å². The van der Waals surface area contributed by atoms with Gasteiger partial charge in [-0.1, -0.05) is 19.1 Å². The van der Waals surface area contributed by atoms with E-state index in [0.717, 1.165) is 29.2 Å². The van der Waals surface area contributed by atoms with Gasteiger partial charge in [0.15, 0.2) is 13.9 Å². The molecule has 3 fully saturated rings. The Morgan fingerprint density at radius 3 is 2.13 bits per heavy atom.